The predicted molar refractivity (Wildman–Crippen MR) is 61.0 cm³/mol. The van der Waals surface area contributed by atoms with Crippen molar-refractivity contribution in [2.45, 2.75) is 12.8 Å². The van der Waals surface area contributed by atoms with Gasteiger partial charge in [-0.3, -0.25) is 9.18 Å². The van der Waals surface area contributed by atoms with E-state index in [-0.39, 0.29) is 18.5 Å². The average Bonchev–Trinajstić information content (AvgIpc) is 2.39. The van der Waals surface area contributed by atoms with Crippen LogP contribution in [-0.4, -0.2) is 30.6 Å². The van der Waals surface area contributed by atoms with E-state index in [1.54, 1.807) is 17.0 Å². The fraction of sp³-hybridized carbons (Fsp3) is 0.462. The highest BCUT2D eigenvalue weighted by Crippen LogP contribution is 2.18. The molecule has 0 aliphatic carbocycles. The molecule has 0 saturated carbocycles. The summed E-state index contributed by atoms with van der Waals surface area (Å²) in [6.07, 6.45) is 1.81. The molecule has 16 heavy (non-hydrogen) atoms. The van der Waals surface area contributed by atoms with Crippen molar-refractivity contribution < 1.29 is 9.18 Å². The number of halogens is 1. The molecular weight excluding hydrogens is 205 g/mol. The van der Waals surface area contributed by atoms with E-state index >= 15 is 0 Å². The Kier molecular flexibility index (Phi) is 3.54. The maximum Gasteiger partial charge on any atom is 0.253 e. The van der Waals surface area contributed by atoms with E-state index in [4.69, 9.17) is 0 Å². The van der Waals surface area contributed by atoms with Crippen LogP contribution in [0.2, 0.25) is 0 Å². The fourth-order valence-electron chi connectivity index (χ4n) is 2.14. The molecule has 1 aromatic rings. The third kappa shape index (κ3) is 2.40. The molecule has 1 amide bonds. The quantitative estimate of drug-likeness (QED) is 0.751. The molecule has 2 rings (SSSR count). The molecule has 1 saturated heterocycles. The summed E-state index contributed by atoms with van der Waals surface area (Å²) in [6, 6.07) is 9.20. The van der Waals surface area contributed by atoms with Crippen molar-refractivity contribution in [2.24, 2.45) is 5.92 Å². The first-order chi connectivity index (χ1) is 7.81. The summed E-state index contributed by atoms with van der Waals surface area (Å²) in [5.74, 6) is 0.0557. The first-order valence-corrected chi connectivity index (χ1v) is 5.71. The Morgan fingerprint density at radius 3 is 2.81 bits per heavy atom. The maximum atomic E-state index is 12.6. The number of carbonyl (C=O) groups is 1. The van der Waals surface area contributed by atoms with Crippen LogP contribution >= 0.6 is 0 Å². The number of amides is 1. The highest BCUT2D eigenvalue weighted by molar-refractivity contribution is 5.94. The molecule has 1 fully saturated rings. The molecule has 0 bridgehead atoms. The van der Waals surface area contributed by atoms with Crippen molar-refractivity contribution in [3.05, 3.63) is 35.9 Å². The molecule has 0 aromatic heterocycles. The minimum Gasteiger partial charge on any atom is -0.338 e. The number of nitrogens with zero attached hydrogens (tertiary/aromatic N) is 1. The number of benzene rings is 1. The standard InChI is InChI=1S/C13H16FNO/c14-9-11-5-4-8-15(10-11)13(16)12-6-2-1-3-7-12/h1-3,6-7,11H,4-5,8-10H2. The number of hydrogen-bond donors (Lipinski definition) is 0. The molecule has 0 spiro atoms. The van der Waals surface area contributed by atoms with Gasteiger partial charge in [-0.2, -0.15) is 0 Å². The Hall–Kier alpha value is -1.38. The Morgan fingerprint density at radius 2 is 2.12 bits per heavy atom. The smallest absolute Gasteiger partial charge is 0.253 e. The van der Waals surface area contributed by atoms with Crippen LogP contribution in [0.4, 0.5) is 4.39 Å². The van der Waals surface area contributed by atoms with E-state index in [2.05, 4.69) is 0 Å². The van der Waals surface area contributed by atoms with E-state index in [1.807, 2.05) is 18.2 Å². The van der Waals surface area contributed by atoms with Gasteiger partial charge in [-0.05, 0) is 25.0 Å². The second-order valence-electron chi connectivity index (χ2n) is 4.28. The van der Waals surface area contributed by atoms with Crippen LogP contribution in [0, 0.1) is 5.92 Å². The van der Waals surface area contributed by atoms with Crippen LogP contribution in [-0.2, 0) is 0 Å². The molecule has 1 atom stereocenters. The molecule has 0 N–H and O–H groups in total. The van der Waals surface area contributed by atoms with Gasteiger partial charge in [0.1, 0.15) is 0 Å². The third-order valence-corrected chi connectivity index (χ3v) is 3.05. The van der Waals surface area contributed by atoms with Crippen LogP contribution in [0.1, 0.15) is 23.2 Å². The van der Waals surface area contributed by atoms with Crippen LogP contribution in [0.15, 0.2) is 30.3 Å². The fourth-order valence-corrected chi connectivity index (χ4v) is 2.14. The topological polar surface area (TPSA) is 20.3 Å². The maximum absolute atomic E-state index is 12.6. The van der Waals surface area contributed by atoms with Gasteiger partial charge < -0.3 is 4.90 Å². The van der Waals surface area contributed by atoms with Gasteiger partial charge in [0.05, 0.1) is 6.67 Å². The van der Waals surface area contributed by atoms with Gasteiger partial charge in [0.15, 0.2) is 0 Å². The molecule has 1 heterocycles. The van der Waals surface area contributed by atoms with E-state index in [0.29, 0.717) is 12.1 Å². The molecule has 1 aliphatic heterocycles. The lowest BCUT2D eigenvalue weighted by molar-refractivity contribution is 0.0656. The van der Waals surface area contributed by atoms with Gasteiger partial charge >= 0.3 is 0 Å². The van der Waals surface area contributed by atoms with Crippen molar-refractivity contribution in [3.8, 4) is 0 Å². The summed E-state index contributed by atoms with van der Waals surface area (Å²) in [5, 5.41) is 0. The zero-order valence-electron chi connectivity index (χ0n) is 9.23. The van der Waals surface area contributed by atoms with Crippen LogP contribution in [0.5, 0.6) is 0 Å². The second-order valence-corrected chi connectivity index (χ2v) is 4.28. The highest BCUT2D eigenvalue weighted by atomic mass is 19.1. The molecular formula is C13H16FNO. The Morgan fingerprint density at radius 1 is 1.38 bits per heavy atom. The second kappa shape index (κ2) is 5.10. The average molecular weight is 221 g/mol. The van der Waals surface area contributed by atoms with Gasteiger partial charge in [-0.15, -0.1) is 0 Å². The van der Waals surface area contributed by atoms with Gasteiger partial charge in [-0.25, -0.2) is 0 Å². The van der Waals surface area contributed by atoms with Crippen molar-refractivity contribution in [3.63, 3.8) is 0 Å². The first-order valence-electron chi connectivity index (χ1n) is 5.71. The Balaban J connectivity index is 2.05. The minimum absolute atomic E-state index is 0.0266. The van der Waals surface area contributed by atoms with E-state index in [0.717, 1.165) is 19.4 Å². The largest absolute Gasteiger partial charge is 0.338 e. The first kappa shape index (κ1) is 11.1. The van der Waals surface area contributed by atoms with Crippen LogP contribution < -0.4 is 0 Å². The molecule has 86 valence electrons. The van der Waals surface area contributed by atoms with Gasteiger partial charge in [-0.1, -0.05) is 18.2 Å². The molecule has 1 unspecified atom stereocenters. The Labute approximate surface area is 95.1 Å². The number of piperidine rings is 1. The summed E-state index contributed by atoms with van der Waals surface area (Å²) in [7, 11) is 0. The van der Waals surface area contributed by atoms with Crippen LogP contribution in [0.25, 0.3) is 0 Å². The van der Waals surface area contributed by atoms with Crippen molar-refractivity contribution >= 4 is 5.91 Å². The van der Waals surface area contributed by atoms with Crippen molar-refractivity contribution in [1.82, 2.24) is 4.90 Å². The summed E-state index contributed by atoms with van der Waals surface area (Å²) in [4.78, 5) is 13.8. The zero-order valence-corrected chi connectivity index (χ0v) is 9.23. The molecule has 2 nitrogen and oxygen atoms in total. The van der Waals surface area contributed by atoms with Gasteiger partial charge in [0.25, 0.3) is 5.91 Å². The van der Waals surface area contributed by atoms with E-state index in [1.165, 1.54) is 0 Å². The Bertz CT molecular complexity index is 352. The number of rotatable bonds is 2. The lowest BCUT2D eigenvalue weighted by atomic mass is 9.99. The number of likely N-dealkylation sites (tertiary alicyclic amines) is 1. The monoisotopic (exact) mass is 221 g/mol. The van der Waals surface area contributed by atoms with E-state index in [9.17, 15) is 9.18 Å². The molecule has 1 aromatic carbocycles. The SMILES string of the molecule is O=C(c1ccccc1)N1CCCC(CF)C1. The zero-order chi connectivity index (χ0) is 11.4. The predicted octanol–water partition coefficient (Wildman–Crippen LogP) is 2.51. The summed E-state index contributed by atoms with van der Waals surface area (Å²) in [6.45, 7) is 0.993. The summed E-state index contributed by atoms with van der Waals surface area (Å²) in [5.41, 5.74) is 0.696. The molecule has 0 radical (unpaired) electrons. The van der Waals surface area contributed by atoms with Crippen molar-refractivity contribution in [2.75, 3.05) is 19.8 Å². The van der Waals surface area contributed by atoms with Gasteiger partial charge in [0, 0.05) is 24.6 Å². The lowest BCUT2D eigenvalue weighted by Crippen LogP contribution is -2.40. The summed E-state index contributed by atoms with van der Waals surface area (Å²) < 4.78 is 12.6. The third-order valence-electron chi connectivity index (χ3n) is 3.05. The lowest BCUT2D eigenvalue weighted by Gasteiger charge is -2.31. The van der Waals surface area contributed by atoms with Crippen LogP contribution in [0.3, 0.4) is 0 Å². The summed E-state index contributed by atoms with van der Waals surface area (Å²) >= 11 is 0. The number of alkyl halides is 1. The van der Waals surface area contributed by atoms with Crippen molar-refractivity contribution in [1.29, 1.82) is 0 Å². The number of hydrogen-bond acceptors (Lipinski definition) is 1. The molecule has 3 heteroatoms. The number of carbonyl (C=O) groups excluding carboxylic acids is 1. The highest BCUT2D eigenvalue weighted by Gasteiger charge is 2.23. The normalized spacial score (nSPS) is 20.8. The van der Waals surface area contributed by atoms with Gasteiger partial charge in [0.2, 0.25) is 0 Å². The molecule has 1 aliphatic rings. The van der Waals surface area contributed by atoms with E-state index < -0.39 is 0 Å². The minimum atomic E-state index is -0.321.